The first kappa shape index (κ1) is 11.4. The van der Waals surface area contributed by atoms with Crippen LogP contribution in [0, 0.1) is 11.6 Å². The fraction of sp³-hybridized carbons (Fsp3) is 0.167. The van der Waals surface area contributed by atoms with Gasteiger partial charge in [0, 0.05) is 5.56 Å². The van der Waals surface area contributed by atoms with E-state index in [2.05, 4.69) is 15.3 Å². The molecular weight excluding hydrogens is 224 g/mol. The van der Waals surface area contributed by atoms with E-state index in [1.807, 2.05) is 0 Å². The van der Waals surface area contributed by atoms with E-state index < -0.39 is 17.7 Å². The fourth-order valence-electron chi connectivity index (χ4n) is 1.62. The summed E-state index contributed by atoms with van der Waals surface area (Å²) in [7, 11) is 0. The minimum atomic E-state index is -0.568. The average Bonchev–Trinajstić information content (AvgIpc) is 2.30. The molecule has 1 atom stereocenters. The molecule has 0 amide bonds. The number of aromatic nitrogens is 2. The molecule has 0 aliphatic carbocycles. The first-order valence-corrected chi connectivity index (χ1v) is 5.14. The van der Waals surface area contributed by atoms with Crippen LogP contribution in [0.1, 0.15) is 18.5 Å². The zero-order valence-electron chi connectivity index (χ0n) is 9.19. The number of nitrogens with one attached hydrogen (secondary N) is 1. The van der Waals surface area contributed by atoms with E-state index >= 15 is 0 Å². The molecule has 2 aromatic rings. The summed E-state index contributed by atoms with van der Waals surface area (Å²) in [5.74, 6) is -1.14. The quantitative estimate of drug-likeness (QED) is 0.888. The summed E-state index contributed by atoms with van der Waals surface area (Å²) < 4.78 is 27.0. The standard InChI is InChI=1S/C12H11F2N3/c1-8(17-9-5-15-7-16-6-9)12-10(13)3-2-4-11(12)14/h2-8,17H,1H3. The highest BCUT2D eigenvalue weighted by Crippen LogP contribution is 2.23. The molecule has 1 aromatic carbocycles. The van der Waals surface area contributed by atoms with Crippen molar-refractivity contribution in [3.05, 3.63) is 54.1 Å². The zero-order valence-corrected chi connectivity index (χ0v) is 9.19. The van der Waals surface area contributed by atoms with Crippen LogP contribution >= 0.6 is 0 Å². The van der Waals surface area contributed by atoms with Crippen LogP contribution in [0.15, 0.2) is 36.9 Å². The molecule has 3 nitrogen and oxygen atoms in total. The van der Waals surface area contributed by atoms with Crippen molar-refractivity contribution in [1.82, 2.24) is 9.97 Å². The third-order valence-electron chi connectivity index (χ3n) is 2.38. The van der Waals surface area contributed by atoms with Crippen LogP contribution in [-0.4, -0.2) is 9.97 Å². The number of halogens is 2. The lowest BCUT2D eigenvalue weighted by atomic mass is 10.1. The molecule has 17 heavy (non-hydrogen) atoms. The molecule has 0 aliphatic rings. The van der Waals surface area contributed by atoms with Gasteiger partial charge in [0.15, 0.2) is 0 Å². The van der Waals surface area contributed by atoms with Crippen LogP contribution in [0.25, 0.3) is 0 Å². The normalized spacial score (nSPS) is 12.2. The van der Waals surface area contributed by atoms with Crippen LogP contribution in [0.4, 0.5) is 14.5 Å². The average molecular weight is 235 g/mol. The lowest BCUT2D eigenvalue weighted by Gasteiger charge is -2.16. The van der Waals surface area contributed by atoms with Gasteiger partial charge in [-0.25, -0.2) is 18.7 Å². The van der Waals surface area contributed by atoms with E-state index in [-0.39, 0.29) is 5.56 Å². The van der Waals surface area contributed by atoms with E-state index in [0.29, 0.717) is 5.69 Å². The van der Waals surface area contributed by atoms with Gasteiger partial charge in [0.1, 0.15) is 18.0 Å². The Kier molecular flexibility index (Phi) is 3.27. The summed E-state index contributed by atoms with van der Waals surface area (Å²) in [6.07, 6.45) is 4.48. The van der Waals surface area contributed by atoms with Crippen LogP contribution in [-0.2, 0) is 0 Å². The Hall–Kier alpha value is -2.04. The Morgan fingerprint density at radius 1 is 1.12 bits per heavy atom. The number of hydrogen-bond donors (Lipinski definition) is 1. The van der Waals surface area contributed by atoms with Crippen molar-refractivity contribution >= 4 is 5.69 Å². The molecule has 88 valence electrons. The number of rotatable bonds is 3. The Morgan fingerprint density at radius 3 is 2.29 bits per heavy atom. The van der Waals surface area contributed by atoms with Crippen LogP contribution in [0.3, 0.4) is 0 Å². The van der Waals surface area contributed by atoms with Gasteiger partial charge in [-0.05, 0) is 19.1 Å². The molecule has 0 fully saturated rings. The molecule has 1 N–H and O–H groups in total. The van der Waals surface area contributed by atoms with Crippen LogP contribution < -0.4 is 5.32 Å². The van der Waals surface area contributed by atoms with E-state index in [9.17, 15) is 8.78 Å². The minimum absolute atomic E-state index is 0.0105. The molecule has 1 unspecified atom stereocenters. The molecule has 1 heterocycles. The number of hydrogen-bond acceptors (Lipinski definition) is 3. The summed E-state index contributed by atoms with van der Waals surface area (Å²) >= 11 is 0. The summed E-state index contributed by atoms with van der Waals surface area (Å²) in [4.78, 5) is 7.63. The summed E-state index contributed by atoms with van der Waals surface area (Å²) in [6, 6.07) is 3.31. The van der Waals surface area contributed by atoms with Crippen LogP contribution in [0.5, 0.6) is 0 Å². The Morgan fingerprint density at radius 2 is 1.71 bits per heavy atom. The lowest BCUT2D eigenvalue weighted by Crippen LogP contribution is -2.11. The van der Waals surface area contributed by atoms with Crippen LogP contribution in [0.2, 0.25) is 0 Å². The van der Waals surface area contributed by atoms with Gasteiger partial charge in [0.25, 0.3) is 0 Å². The predicted octanol–water partition coefficient (Wildman–Crippen LogP) is 2.93. The Bertz CT molecular complexity index is 482. The van der Waals surface area contributed by atoms with E-state index in [0.717, 1.165) is 0 Å². The van der Waals surface area contributed by atoms with Gasteiger partial charge in [0.2, 0.25) is 0 Å². The van der Waals surface area contributed by atoms with Gasteiger partial charge in [0.05, 0.1) is 24.1 Å². The number of nitrogens with zero attached hydrogens (tertiary/aromatic N) is 2. The maximum atomic E-state index is 13.5. The van der Waals surface area contributed by atoms with Crippen molar-refractivity contribution in [2.45, 2.75) is 13.0 Å². The highest BCUT2D eigenvalue weighted by Gasteiger charge is 2.15. The number of anilines is 1. The fourth-order valence-corrected chi connectivity index (χ4v) is 1.62. The van der Waals surface area contributed by atoms with Gasteiger partial charge in [-0.15, -0.1) is 0 Å². The van der Waals surface area contributed by atoms with Crippen molar-refractivity contribution in [1.29, 1.82) is 0 Å². The van der Waals surface area contributed by atoms with Gasteiger partial charge in [-0.2, -0.15) is 0 Å². The third kappa shape index (κ3) is 2.55. The number of benzene rings is 1. The molecule has 2 rings (SSSR count). The van der Waals surface area contributed by atoms with Crippen molar-refractivity contribution in [3.8, 4) is 0 Å². The first-order valence-electron chi connectivity index (χ1n) is 5.14. The third-order valence-corrected chi connectivity index (χ3v) is 2.38. The molecular formula is C12H11F2N3. The Labute approximate surface area is 97.5 Å². The second-order valence-corrected chi connectivity index (χ2v) is 3.63. The van der Waals surface area contributed by atoms with E-state index in [4.69, 9.17) is 0 Å². The maximum absolute atomic E-state index is 13.5. The second kappa shape index (κ2) is 4.86. The lowest BCUT2D eigenvalue weighted by molar-refractivity contribution is 0.544. The second-order valence-electron chi connectivity index (χ2n) is 3.63. The van der Waals surface area contributed by atoms with Gasteiger partial charge in [-0.3, -0.25) is 0 Å². The van der Waals surface area contributed by atoms with Crippen molar-refractivity contribution in [2.24, 2.45) is 0 Å². The molecule has 0 saturated heterocycles. The molecule has 0 spiro atoms. The van der Waals surface area contributed by atoms with Gasteiger partial charge >= 0.3 is 0 Å². The minimum Gasteiger partial charge on any atom is -0.376 e. The zero-order chi connectivity index (χ0) is 12.3. The molecule has 0 bridgehead atoms. The highest BCUT2D eigenvalue weighted by atomic mass is 19.1. The summed E-state index contributed by atoms with van der Waals surface area (Å²) in [6.45, 7) is 1.68. The highest BCUT2D eigenvalue weighted by molar-refractivity contribution is 5.41. The monoisotopic (exact) mass is 235 g/mol. The Balaban J connectivity index is 2.23. The molecule has 0 radical (unpaired) electrons. The largest absolute Gasteiger partial charge is 0.376 e. The van der Waals surface area contributed by atoms with Gasteiger partial charge in [-0.1, -0.05) is 6.07 Å². The van der Waals surface area contributed by atoms with Crippen molar-refractivity contribution < 1.29 is 8.78 Å². The smallest absolute Gasteiger partial charge is 0.131 e. The summed E-state index contributed by atoms with van der Waals surface area (Å²) in [5, 5.41) is 2.93. The van der Waals surface area contributed by atoms with E-state index in [1.54, 1.807) is 19.3 Å². The molecule has 1 aromatic heterocycles. The molecule has 0 saturated carbocycles. The first-order chi connectivity index (χ1) is 8.18. The van der Waals surface area contributed by atoms with Crippen molar-refractivity contribution in [2.75, 3.05) is 5.32 Å². The SMILES string of the molecule is CC(Nc1cncnc1)c1c(F)cccc1F. The maximum Gasteiger partial charge on any atom is 0.131 e. The van der Waals surface area contributed by atoms with E-state index in [1.165, 1.54) is 24.5 Å². The summed E-state index contributed by atoms with van der Waals surface area (Å²) in [5.41, 5.74) is 0.624. The topological polar surface area (TPSA) is 37.8 Å². The molecule has 5 heteroatoms. The molecule has 0 aliphatic heterocycles. The van der Waals surface area contributed by atoms with Crippen molar-refractivity contribution in [3.63, 3.8) is 0 Å². The van der Waals surface area contributed by atoms with Gasteiger partial charge < -0.3 is 5.32 Å². The predicted molar refractivity (Wildman–Crippen MR) is 60.4 cm³/mol.